The Kier molecular flexibility index (Phi) is 6.40. The van der Waals surface area contributed by atoms with Crippen LogP contribution in [0.3, 0.4) is 0 Å². The van der Waals surface area contributed by atoms with Crippen LogP contribution in [0.2, 0.25) is 5.02 Å². The fraction of sp³-hybridized carbons (Fsp3) is 0.438. The second-order valence-electron chi connectivity index (χ2n) is 12.5. The van der Waals surface area contributed by atoms with Gasteiger partial charge in [0.15, 0.2) is 5.82 Å². The second kappa shape index (κ2) is 10.1. The van der Waals surface area contributed by atoms with Crippen LogP contribution in [0.1, 0.15) is 32.1 Å². The SMILES string of the molecule is Oc1cc(-c2c(F)cc3c(N4C[C@H]5CC[C@@H](C4)N5)nc(OC[C@@]45CCCN4C[C@H](F)C5)nc3c2F)c2c(Cl)cccc2c1. The second-order valence-corrected chi connectivity index (χ2v) is 12.9. The summed E-state index contributed by atoms with van der Waals surface area (Å²) in [5.41, 5.74) is -0.730. The number of rotatable bonds is 5. The zero-order chi connectivity index (χ0) is 29.5. The first kappa shape index (κ1) is 27.2. The predicted molar refractivity (Wildman–Crippen MR) is 160 cm³/mol. The van der Waals surface area contributed by atoms with Crippen molar-refractivity contribution in [2.75, 3.05) is 37.7 Å². The van der Waals surface area contributed by atoms with E-state index in [-0.39, 0.29) is 52.5 Å². The van der Waals surface area contributed by atoms with E-state index in [1.807, 2.05) is 0 Å². The van der Waals surface area contributed by atoms with Gasteiger partial charge < -0.3 is 20.1 Å². The highest BCUT2D eigenvalue weighted by molar-refractivity contribution is 6.36. The number of fused-ring (bicyclic) bond motifs is 5. The van der Waals surface area contributed by atoms with Crippen LogP contribution >= 0.6 is 11.6 Å². The van der Waals surface area contributed by atoms with Crippen LogP contribution in [0.15, 0.2) is 36.4 Å². The molecule has 7 nitrogen and oxygen atoms in total. The molecule has 4 aliphatic rings. The van der Waals surface area contributed by atoms with Crippen LogP contribution in [0.25, 0.3) is 32.8 Å². The molecule has 2 N–H and O–H groups in total. The van der Waals surface area contributed by atoms with Gasteiger partial charge in [0.2, 0.25) is 0 Å². The van der Waals surface area contributed by atoms with Gasteiger partial charge in [-0.1, -0.05) is 23.7 Å². The number of piperazine rings is 1. The average Bonchev–Trinajstić information content (AvgIpc) is 3.62. The molecule has 1 aromatic heterocycles. The summed E-state index contributed by atoms with van der Waals surface area (Å²) in [5, 5.41) is 15.6. The van der Waals surface area contributed by atoms with Gasteiger partial charge in [0, 0.05) is 59.5 Å². The van der Waals surface area contributed by atoms with Crippen LogP contribution in [-0.4, -0.2) is 76.6 Å². The number of nitrogens with one attached hydrogen (secondary N) is 1. The number of aromatic hydroxyl groups is 1. The molecule has 43 heavy (non-hydrogen) atoms. The smallest absolute Gasteiger partial charge is 0.319 e. The molecule has 8 rings (SSSR count). The van der Waals surface area contributed by atoms with Crippen LogP contribution in [0.4, 0.5) is 19.0 Å². The number of phenolic OH excluding ortho intramolecular Hbond substituents is 1. The van der Waals surface area contributed by atoms with Crippen molar-refractivity contribution in [3.05, 3.63) is 53.1 Å². The maximum atomic E-state index is 16.7. The number of halogens is 4. The Morgan fingerprint density at radius 1 is 1.09 bits per heavy atom. The minimum Gasteiger partial charge on any atom is -0.508 e. The summed E-state index contributed by atoms with van der Waals surface area (Å²) in [6.07, 6.45) is 3.28. The molecule has 0 spiro atoms. The fourth-order valence-electron chi connectivity index (χ4n) is 7.89. The molecule has 0 amide bonds. The van der Waals surface area contributed by atoms with Gasteiger partial charge in [-0.05, 0) is 61.9 Å². The van der Waals surface area contributed by atoms with Gasteiger partial charge in [0.25, 0.3) is 0 Å². The lowest BCUT2D eigenvalue weighted by molar-refractivity contribution is 0.107. The Bertz CT molecular complexity index is 1760. The minimum absolute atomic E-state index is 0.0211. The van der Waals surface area contributed by atoms with Gasteiger partial charge in [0.05, 0.1) is 11.1 Å². The maximum absolute atomic E-state index is 16.7. The van der Waals surface area contributed by atoms with Gasteiger partial charge in [-0.2, -0.15) is 9.97 Å². The van der Waals surface area contributed by atoms with Crippen LogP contribution < -0.4 is 15.0 Å². The third kappa shape index (κ3) is 4.48. The van der Waals surface area contributed by atoms with Crippen LogP contribution in [0, 0.1) is 11.6 Å². The van der Waals surface area contributed by atoms with Gasteiger partial charge in [0.1, 0.15) is 35.7 Å². The molecule has 2 bridgehead atoms. The summed E-state index contributed by atoms with van der Waals surface area (Å²) < 4.78 is 53.4. The summed E-state index contributed by atoms with van der Waals surface area (Å²) in [4.78, 5) is 13.4. The van der Waals surface area contributed by atoms with E-state index >= 15 is 8.78 Å². The normalized spacial score (nSPS) is 27.0. The zero-order valence-corrected chi connectivity index (χ0v) is 24.2. The Morgan fingerprint density at radius 3 is 2.72 bits per heavy atom. The molecule has 4 saturated heterocycles. The van der Waals surface area contributed by atoms with E-state index in [0.717, 1.165) is 32.2 Å². The monoisotopic (exact) mass is 609 g/mol. The molecule has 4 aliphatic heterocycles. The molecule has 4 atom stereocenters. The Morgan fingerprint density at radius 2 is 1.91 bits per heavy atom. The van der Waals surface area contributed by atoms with Gasteiger partial charge in [-0.15, -0.1) is 0 Å². The fourth-order valence-corrected chi connectivity index (χ4v) is 8.18. The minimum atomic E-state index is -0.916. The molecule has 0 aliphatic carbocycles. The van der Waals surface area contributed by atoms with Crippen molar-refractivity contribution in [3.63, 3.8) is 0 Å². The summed E-state index contributed by atoms with van der Waals surface area (Å²) in [6.45, 7) is 2.67. The van der Waals surface area contributed by atoms with Crippen molar-refractivity contribution in [1.82, 2.24) is 20.2 Å². The Labute approximate surface area is 251 Å². The molecule has 224 valence electrons. The van der Waals surface area contributed by atoms with Crippen molar-refractivity contribution >= 4 is 39.1 Å². The number of anilines is 1. The van der Waals surface area contributed by atoms with Crippen LogP contribution in [0.5, 0.6) is 11.8 Å². The van der Waals surface area contributed by atoms with Crippen LogP contribution in [-0.2, 0) is 0 Å². The van der Waals surface area contributed by atoms with E-state index in [1.54, 1.807) is 18.2 Å². The highest BCUT2D eigenvalue weighted by atomic mass is 35.5. The van der Waals surface area contributed by atoms with Crippen molar-refractivity contribution in [2.24, 2.45) is 0 Å². The van der Waals surface area contributed by atoms with E-state index in [4.69, 9.17) is 21.3 Å². The topological polar surface area (TPSA) is 73.8 Å². The summed E-state index contributed by atoms with van der Waals surface area (Å²) in [6, 6.07) is 9.66. The zero-order valence-electron chi connectivity index (χ0n) is 23.4. The van der Waals surface area contributed by atoms with Crippen molar-refractivity contribution in [1.29, 1.82) is 0 Å². The number of benzene rings is 3. The average molecular weight is 610 g/mol. The lowest BCUT2D eigenvalue weighted by Crippen LogP contribution is -2.51. The number of ether oxygens (including phenoxy) is 1. The van der Waals surface area contributed by atoms with Crippen molar-refractivity contribution < 1.29 is 23.0 Å². The van der Waals surface area contributed by atoms with E-state index in [9.17, 15) is 9.50 Å². The molecular weight excluding hydrogens is 579 g/mol. The largest absolute Gasteiger partial charge is 0.508 e. The number of aromatic nitrogens is 2. The first-order chi connectivity index (χ1) is 20.8. The number of hydrogen-bond acceptors (Lipinski definition) is 7. The van der Waals surface area contributed by atoms with Gasteiger partial charge in [-0.3, -0.25) is 4.90 Å². The molecule has 4 aromatic rings. The van der Waals surface area contributed by atoms with E-state index in [0.29, 0.717) is 47.7 Å². The third-order valence-corrected chi connectivity index (χ3v) is 10.1. The first-order valence-electron chi connectivity index (χ1n) is 14.9. The summed E-state index contributed by atoms with van der Waals surface area (Å²) in [7, 11) is 0. The molecule has 0 radical (unpaired) electrons. The standard InChI is InChI=1S/C32H31ClF3N5O2/c33-24-4-1-3-17-9-21(42)10-22(26(17)24)27-25(35)11-23-29(28(27)36)38-31(39-30(23)40-14-19-5-6-20(15-40)37-19)43-16-32-7-2-8-41(32)13-18(34)12-32/h1,3-4,9-11,18-20,37,42H,2,5-8,12-16H2/t18-,19-,20+,32+/m1/s1. The number of alkyl halides is 1. The third-order valence-electron chi connectivity index (χ3n) is 9.77. The highest BCUT2D eigenvalue weighted by Crippen LogP contribution is 2.43. The molecule has 3 aromatic carbocycles. The maximum Gasteiger partial charge on any atom is 0.319 e. The number of phenols is 1. The molecule has 5 heterocycles. The Balaban J connectivity index is 1.28. The molecule has 11 heteroatoms. The summed E-state index contributed by atoms with van der Waals surface area (Å²) in [5.74, 6) is -1.43. The molecule has 4 fully saturated rings. The van der Waals surface area contributed by atoms with Crippen molar-refractivity contribution in [2.45, 2.75) is 55.9 Å². The highest BCUT2D eigenvalue weighted by Gasteiger charge is 2.49. The van der Waals surface area contributed by atoms with Gasteiger partial charge >= 0.3 is 6.01 Å². The number of nitrogens with zero attached hydrogens (tertiary/aromatic N) is 4. The lowest BCUT2D eigenvalue weighted by Gasteiger charge is -2.34. The lowest BCUT2D eigenvalue weighted by atomic mass is 9.95. The molecule has 0 saturated carbocycles. The molecular formula is C32H31ClF3N5O2. The first-order valence-corrected chi connectivity index (χ1v) is 15.3. The van der Waals surface area contributed by atoms with E-state index < -0.39 is 23.3 Å². The summed E-state index contributed by atoms with van der Waals surface area (Å²) >= 11 is 6.51. The number of hydrogen-bond donors (Lipinski definition) is 2. The van der Waals surface area contributed by atoms with Crippen molar-refractivity contribution in [3.8, 4) is 22.9 Å². The molecule has 0 unspecified atom stereocenters. The van der Waals surface area contributed by atoms with E-state index in [1.165, 1.54) is 18.2 Å². The van der Waals surface area contributed by atoms with E-state index in [2.05, 4.69) is 20.1 Å². The van der Waals surface area contributed by atoms with Gasteiger partial charge in [-0.25, -0.2) is 13.2 Å². The quantitative estimate of drug-likeness (QED) is 0.288. The predicted octanol–water partition coefficient (Wildman–Crippen LogP) is 5.98. The Hall–Kier alpha value is -3.34.